The maximum Gasteiger partial charge on any atom is 0.316 e. The summed E-state index contributed by atoms with van der Waals surface area (Å²) in [7, 11) is 0. The van der Waals surface area contributed by atoms with Crippen LogP contribution < -0.4 is 0 Å². The Bertz CT molecular complexity index is 929. The molecule has 2 aromatic carbocycles. The molecule has 0 atom stereocenters. The second-order valence-electron chi connectivity index (χ2n) is 9.16. The van der Waals surface area contributed by atoms with Gasteiger partial charge in [-0.15, -0.1) is 11.8 Å². The van der Waals surface area contributed by atoms with Crippen molar-refractivity contribution in [1.82, 2.24) is 0 Å². The highest BCUT2D eigenvalue weighted by atomic mass is 35.5. The fraction of sp³-hybridized carbons (Fsp3) is 0.500. The van der Waals surface area contributed by atoms with Crippen LogP contribution >= 0.6 is 23.4 Å². The summed E-state index contributed by atoms with van der Waals surface area (Å²) in [6, 6.07) is 11.7. The molecule has 3 nitrogen and oxygen atoms in total. The maximum absolute atomic E-state index is 13.0. The predicted molar refractivity (Wildman–Crippen MR) is 116 cm³/mol. The summed E-state index contributed by atoms with van der Waals surface area (Å²) < 4.78 is 5.42. The van der Waals surface area contributed by atoms with Gasteiger partial charge in [0.05, 0.1) is 5.75 Å². The van der Waals surface area contributed by atoms with Crippen LogP contribution in [0.5, 0.6) is 0 Å². The fourth-order valence-electron chi connectivity index (χ4n) is 6.31. The Morgan fingerprint density at radius 2 is 1.62 bits per heavy atom. The Hall–Kier alpha value is -1.52. The summed E-state index contributed by atoms with van der Waals surface area (Å²) in [5.41, 5.74) is -0.203. The van der Waals surface area contributed by atoms with Crippen LogP contribution in [0.2, 0.25) is 5.02 Å². The van der Waals surface area contributed by atoms with E-state index in [4.69, 9.17) is 16.3 Å². The molecule has 0 aromatic heterocycles. The summed E-state index contributed by atoms with van der Waals surface area (Å²) in [6.07, 6.45) is 6.94. The van der Waals surface area contributed by atoms with E-state index in [9.17, 15) is 9.59 Å². The molecule has 0 amide bonds. The zero-order valence-corrected chi connectivity index (χ0v) is 17.9. The predicted octanol–water partition coefficient (Wildman–Crippen LogP) is 5.91. The van der Waals surface area contributed by atoms with Gasteiger partial charge in [0.1, 0.15) is 0 Å². The summed E-state index contributed by atoms with van der Waals surface area (Å²) >= 11 is 7.77. The fourth-order valence-corrected chi connectivity index (χ4v) is 7.56. The van der Waals surface area contributed by atoms with Crippen LogP contribution in [-0.2, 0) is 14.3 Å². The molecule has 0 aliphatic heterocycles. The van der Waals surface area contributed by atoms with Crippen molar-refractivity contribution in [1.29, 1.82) is 0 Å². The van der Waals surface area contributed by atoms with Crippen LogP contribution in [0.15, 0.2) is 41.3 Å². The molecule has 0 unspecified atom stereocenters. The first-order chi connectivity index (χ1) is 14.0. The lowest BCUT2D eigenvalue weighted by Gasteiger charge is -2.55. The Morgan fingerprint density at radius 1 is 1.00 bits per heavy atom. The van der Waals surface area contributed by atoms with Crippen LogP contribution in [0, 0.1) is 23.2 Å². The monoisotopic (exact) mass is 428 g/mol. The number of halogens is 1. The van der Waals surface area contributed by atoms with Gasteiger partial charge in [0.2, 0.25) is 0 Å². The van der Waals surface area contributed by atoms with Crippen molar-refractivity contribution in [3.05, 3.63) is 41.4 Å². The number of ether oxygens (including phenoxy) is 1. The van der Waals surface area contributed by atoms with Gasteiger partial charge in [-0.2, -0.15) is 0 Å². The number of rotatable bonds is 6. The number of thioether (sulfide) groups is 1. The lowest BCUT2D eigenvalue weighted by atomic mass is 9.48. The minimum atomic E-state index is -0.336. The average Bonchev–Trinajstić information content (AvgIpc) is 2.69. The third kappa shape index (κ3) is 3.70. The van der Waals surface area contributed by atoms with Crippen molar-refractivity contribution in [2.24, 2.45) is 23.2 Å². The zero-order chi connectivity index (χ0) is 20.0. The van der Waals surface area contributed by atoms with Gasteiger partial charge in [-0.3, -0.25) is 9.59 Å². The molecule has 4 bridgehead atoms. The summed E-state index contributed by atoms with van der Waals surface area (Å²) in [5, 5.41) is 2.68. The number of hydrogen-bond acceptors (Lipinski definition) is 4. The van der Waals surface area contributed by atoms with E-state index in [1.54, 1.807) is 0 Å². The van der Waals surface area contributed by atoms with Crippen LogP contribution in [0.1, 0.15) is 38.5 Å². The molecule has 4 aliphatic carbocycles. The first kappa shape index (κ1) is 19.4. The van der Waals surface area contributed by atoms with E-state index >= 15 is 0 Å². The average molecular weight is 429 g/mol. The maximum atomic E-state index is 13.0. The molecule has 152 valence electrons. The zero-order valence-electron chi connectivity index (χ0n) is 16.4. The highest BCUT2D eigenvalue weighted by Crippen LogP contribution is 2.60. The molecule has 6 rings (SSSR count). The Balaban J connectivity index is 1.19. The highest BCUT2D eigenvalue weighted by molar-refractivity contribution is 8.00. The van der Waals surface area contributed by atoms with E-state index in [0.29, 0.717) is 22.8 Å². The molecule has 0 saturated heterocycles. The first-order valence-corrected chi connectivity index (χ1v) is 11.9. The molecule has 0 radical (unpaired) electrons. The number of ketones is 1. The Kier molecular flexibility index (Phi) is 5.11. The third-order valence-electron chi connectivity index (χ3n) is 7.16. The molecule has 0 N–H and O–H groups in total. The first-order valence-electron chi connectivity index (χ1n) is 10.5. The van der Waals surface area contributed by atoms with Gasteiger partial charge in [-0.1, -0.05) is 35.9 Å². The van der Waals surface area contributed by atoms with E-state index < -0.39 is 0 Å². The molecule has 4 fully saturated rings. The number of Topliss-reactive ketones (excluding diaryl/α,β-unsaturated/α-hetero) is 1. The number of carbonyl (C=O) groups excluding carboxylic acids is 2. The number of fused-ring (bicyclic) bond motifs is 1. The lowest BCUT2D eigenvalue weighted by Crippen LogP contribution is -2.51. The van der Waals surface area contributed by atoms with Crippen molar-refractivity contribution in [3.63, 3.8) is 0 Å². The van der Waals surface area contributed by atoms with Gasteiger partial charge in [0.25, 0.3) is 0 Å². The van der Waals surface area contributed by atoms with E-state index in [1.807, 2.05) is 36.4 Å². The second-order valence-corrected chi connectivity index (χ2v) is 10.6. The molecule has 0 heterocycles. The van der Waals surface area contributed by atoms with Crippen molar-refractivity contribution in [2.75, 3.05) is 12.4 Å². The second kappa shape index (κ2) is 7.63. The van der Waals surface area contributed by atoms with Gasteiger partial charge in [0.15, 0.2) is 12.4 Å². The molecule has 4 saturated carbocycles. The van der Waals surface area contributed by atoms with E-state index in [1.165, 1.54) is 31.0 Å². The summed E-state index contributed by atoms with van der Waals surface area (Å²) in [4.78, 5) is 26.3. The third-order valence-corrected chi connectivity index (χ3v) is 8.50. The molecule has 2 aromatic rings. The molecular weight excluding hydrogens is 404 g/mol. The Labute approximate surface area is 180 Å². The van der Waals surface area contributed by atoms with Crippen LogP contribution in [0.4, 0.5) is 0 Å². The summed E-state index contributed by atoms with van der Waals surface area (Å²) in [5.74, 6) is 2.14. The standard InChI is InChI=1S/C24H25ClO3S/c25-19-5-1-3-18-4-2-6-20(23(18)19)29-14-22(27)28-13-21(26)24-10-15-7-16(11-24)9-17(8-15)12-24/h1-6,15-17H,7-14H2. The minimum Gasteiger partial charge on any atom is -0.457 e. The lowest BCUT2D eigenvalue weighted by molar-refractivity contribution is -0.156. The van der Waals surface area contributed by atoms with E-state index in [-0.39, 0.29) is 29.5 Å². The quantitative estimate of drug-likeness (QED) is 0.423. The smallest absolute Gasteiger partial charge is 0.316 e. The van der Waals surface area contributed by atoms with Crippen molar-refractivity contribution >= 4 is 45.9 Å². The van der Waals surface area contributed by atoms with Crippen molar-refractivity contribution in [2.45, 2.75) is 43.4 Å². The number of carbonyl (C=O) groups is 2. The number of esters is 1. The highest BCUT2D eigenvalue weighted by Gasteiger charge is 2.54. The van der Waals surface area contributed by atoms with Crippen molar-refractivity contribution in [3.8, 4) is 0 Å². The molecule has 0 spiro atoms. The summed E-state index contributed by atoms with van der Waals surface area (Å²) in [6.45, 7) is -0.0676. The largest absolute Gasteiger partial charge is 0.457 e. The van der Waals surface area contributed by atoms with E-state index in [0.717, 1.165) is 34.9 Å². The van der Waals surface area contributed by atoms with Gasteiger partial charge < -0.3 is 4.74 Å². The minimum absolute atomic E-state index is 0.0676. The molecular formula is C24H25ClO3S. The van der Waals surface area contributed by atoms with Gasteiger partial charge in [0, 0.05) is 20.7 Å². The van der Waals surface area contributed by atoms with Gasteiger partial charge >= 0.3 is 5.97 Å². The SMILES string of the molecule is O=C(CSc1cccc2cccc(Cl)c12)OCC(=O)C12CC3CC(CC(C3)C1)C2. The molecule has 4 aliphatic rings. The Morgan fingerprint density at radius 3 is 2.28 bits per heavy atom. The van der Waals surface area contributed by atoms with Crippen molar-refractivity contribution < 1.29 is 14.3 Å². The van der Waals surface area contributed by atoms with Crippen LogP contribution in [-0.4, -0.2) is 24.1 Å². The van der Waals surface area contributed by atoms with Gasteiger partial charge in [-0.05, 0) is 73.8 Å². The molecule has 29 heavy (non-hydrogen) atoms. The van der Waals surface area contributed by atoms with Gasteiger partial charge in [-0.25, -0.2) is 0 Å². The molecule has 5 heteroatoms. The number of benzene rings is 2. The number of hydrogen-bond donors (Lipinski definition) is 0. The van der Waals surface area contributed by atoms with Crippen LogP contribution in [0.3, 0.4) is 0 Å². The van der Waals surface area contributed by atoms with E-state index in [2.05, 4.69) is 0 Å². The topological polar surface area (TPSA) is 43.4 Å². The van der Waals surface area contributed by atoms with Crippen LogP contribution in [0.25, 0.3) is 10.8 Å². The normalized spacial score (nSPS) is 29.9.